The molecule has 5 nitrogen and oxygen atoms in total. The maximum absolute atomic E-state index is 5.36. The molecule has 1 aromatic carbocycles. The summed E-state index contributed by atoms with van der Waals surface area (Å²) in [5.74, 6) is 1.25. The quantitative estimate of drug-likeness (QED) is 0.914. The summed E-state index contributed by atoms with van der Waals surface area (Å²) < 4.78 is 10.7. The monoisotopic (exact) mass is 259 g/mol. The molecule has 2 aromatic rings. The maximum atomic E-state index is 5.36. The molecule has 0 bridgehead atoms. The standard InChI is InChI=1S/C14H17N3O2/c1-3-12(18-2)13-16-14(19-17-13)11-8-9-6-4-5-7-10(9)15-11/h4-7,11-12,15H,3,8H2,1-2H3. The first-order valence-electron chi connectivity index (χ1n) is 6.52. The van der Waals surface area contributed by atoms with E-state index in [9.17, 15) is 0 Å². The highest BCUT2D eigenvalue weighted by Crippen LogP contribution is 2.33. The van der Waals surface area contributed by atoms with Crippen molar-refractivity contribution in [3.63, 3.8) is 0 Å². The van der Waals surface area contributed by atoms with Gasteiger partial charge in [-0.1, -0.05) is 30.3 Å². The maximum Gasteiger partial charge on any atom is 0.249 e. The highest BCUT2D eigenvalue weighted by Gasteiger charge is 2.27. The normalized spacial score (nSPS) is 18.9. The van der Waals surface area contributed by atoms with Crippen LogP contribution >= 0.6 is 0 Å². The zero-order valence-electron chi connectivity index (χ0n) is 11.1. The van der Waals surface area contributed by atoms with E-state index >= 15 is 0 Å². The van der Waals surface area contributed by atoms with Crippen molar-refractivity contribution >= 4 is 5.69 Å². The van der Waals surface area contributed by atoms with Crippen molar-refractivity contribution in [2.24, 2.45) is 0 Å². The van der Waals surface area contributed by atoms with Crippen LogP contribution in [0, 0.1) is 0 Å². The lowest BCUT2D eigenvalue weighted by Gasteiger charge is -2.07. The number of para-hydroxylation sites is 1. The van der Waals surface area contributed by atoms with Gasteiger partial charge >= 0.3 is 0 Å². The van der Waals surface area contributed by atoms with E-state index in [0.29, 0.717) is 11.7 Å². The molecule has 1 N–H and O–H groups in total. The van der Waals surface area contributed by atoms with Crippen LogP contribution in [0.1, 0.15) is 42.8 Å². The van der Waals surface area contributed by atoms with Crippen molar-refractivity contribution < 1.29 is 9.26 Å². The molecule has 0 saturated carbocycles. The fourth-order valence-electron chi connectivity index (χ4n) is 2.42. The molecule has 1 aromatic heterocycles. The largest absolute Gasteiger partial charge is 0.373 e. The number of hydrogen-bond acceptors (Lipinski definition) is 5. The molecule has 0 aliphatic carbocycles. The zero-order valence-corrected chi connectivity index (χ0v) is 11.1. The van der Waals surface area contributed by atoms with Gasteiger partial charge in [-0.3, -0.25) is 0 Å². The Bertz CT molecular complexity index is 538. The fourth-order valence-corrected chi connectivity index (χ4v) is 2.42. The third kappa shape index (κ3) is 2.21. The molecule has 19 heavy (non-hydrogen) atoms. The number of benzene rings is 1. The van der Waals surface area contributed by atoms with Crippen molar-refractivity contribution in [2.75, 3.05) is 12.4 Å². The van der Waals surface area contributed by atoms with Crippen LogP contribution in [0.3, 0.4) is 0 Å². The minimum absolute atomic E-state index is 0.0630. The molecular formula is C14H17N3O2. The number of rotatable bonds is 4. The van der Waals surface area contributed by atoms with E-state index in [1.54, 1.807) is 7.11 Å². The molecule has 0 radical (unpaired) electrons. The van der Waals surface area contributed by atoms with Crippen LogP contribution in [-0.4, -0.2) is 17.3 Å². The Balaban J connectivity index is 1.79. The van der Waals surface area contributed by atoms with E-state index in [-0.39, 0.29) is 12.1 Å². The van der Waals surface area contributed by atoms with Gasteiger partial charge in [0.05, 0.1) is 0 Å². The fraction of sp³-hybridized carbons (Fsp3) is 0.429. The molecule has 0 spiro atoms. The van der Waals surface area contributed by atoms with Gasteiger partial charge in [-0.05, 0) is 18.1 Å². The third-order valence-electron chi connectivity index (χ3n) is 3.47. The topological polar surface area (TPSA) is 60.2 Å². The second kappa shape index (κ2) is 5.01. The number of methoxy groups -OCH3 is 1. The minimum Gasteiger partial charge on any atom is -0.373 e. The van der Waals surface area contributed by atoms with Crippen molar-refractivity contribution in [3.05, 3.63) is 41.5 Å². The zero-order chi connectivity index (χ0) is 13.2. The van der Waals surface area contributed by atoms with Crippen LogP contribution < -0.4 is 5.32 Å². The van der Waals surface area contributed by atoms with Gasteiger partial charge in [-0.25, -0.2) is 0 Å². The number of anilines is 1. The number of nitrogens with one attached hydrogen (secondary N) is 1. The molecule has 2 unspecified atom stereocenters. The molecule has 2 atom stereocenters. The summed E-state index contributed by atoms with van der Waals surface area (Å²) in [6.45, 7) is 2.04. The van der Waals surface area contributed by atoms with Gasteiger partial charge in [0.1, 0.15) is 12.1 Å². The summed E-state index contributed by atoms with van der Waals surface area (Å²) in [6.07, 6.45) is 1.61. The van der Waals surface area contributed by atoms with Gasteiger partial charge in [0.25, 0.3) is 0 Å². The Labute approximate surface area is 112 Å². The minimum atomic E-state index is -0.0960. The van der Waals surface area contributed by atoms with Crippen molar-refractivity contribution in [2.45, 2.75) is 31.9 Å². The summed E-state index contributed by atoms with van der Waals surface area (Å²) in [4.78, 5) is 4.45. The first-order valence-corrected chi connectivity index (χ1v) is 6.52. The molecule has 3 rings (SSSR count). The number of nitrogens with zero attached hydrogens (tertiary/aromatic N) is 2. The summed E-state index contributed by atoms with van der Waals surface area (Å²) >= 11 is 0. The Hall–Kier alpha value is -1.88. The van der Waals surface area contributed by atoms with E-state index < -0.39 is 0 Å². The Morgan fingerprint density at radius 2 is 2.32 bits per heavy atom. The van der Waals surface area contributed by atoms with Crippen LogP contribution in [-0.2, 0) is 11.2 Å². The molecular weight excluding hydrogens is 242 g/mol. The SMILES string of the molecule is CCC(OC)c1noc(C2Cc3ccccc3N2)n1. The number of fused-ring (bicyclic) bond motifs is 1. The predicted octanol–water partition coefficient (Wildman–Crippen LogP) is 2.88. The summed E-state index contributed by atoms with van der Waals surface area (Å²) in [5, 5.41) is 7.42. The van der Waals surface area contributed by atoms with Gasteiger partial charge < -0.3 is 14.6 Å². The lowest BCUT2D eigenvalue weighted by Crippen LogP contribution is -2.07. The van der Waals surface area contributed by atoms with E-state index in [2.05, 4.69) is 27.6 Å². The van der Waals surface area contributed by atoms with Crippen LogP contribution in [0.25, 0.3) is 0 Å². The van der Waals surface area contributed by atoms with E-state index in [4.69, 9.17) is 9.26 Å². The smallest absolute Gasteiger partial charge is 0.249 e. The molecule has 5 heteroatoms. The van der Waals surface area contributed by atoms with Crippen LogP contribution in [0.4, 0.5) is 5.69 Å². The predicted molar refractivity (Wildman–Crippen MR) is 70.8 cm³/mol. The van der Waals surface area contributed by atoms with E-state index in [1.165, 1.54) is 5.56 Å². The first kappa shape index (κ1) is 12.2. The van der Waals surface area contributed by atoms with E-state index in [1.807, 2.05) is 19.1 Å². The highest BCUT2D eigenvalue weighted by atomic mass is 16.5. The molecule has 2 heterocycles. The first-order chi connectivity index (χ1) is 9.31. The second-order valence-electron chi connectivity index (χ2n) is 4.68. The Morgan fingerprint density at radius 3 is 3.05 bits per heavy atom. The van der Waals surface area contributed by atoms with E-state index in [0.717, 1.165) is 18.5 Å². The molecule has 0 amide bonds. The average Bonchev–Trinajstić information content (AvgIpc) is 3.06. The Morgan fingerprint density at radius 1 is 1.47 bits per heavy atom. The summed E-state index contributed by atoms with van der Waals surface area (Å²) in [7, 11) is 1.66. The van der Waals surface area contributed by atoms with Crippen molar-refractivity contribution in [3.8, 4) is 0 Å². The molecule has 100 valence electrons. The van der Waals surface area contributed by atoms with Crippen LogP contribution in [0.5, 0.6) is 0 Å². The van der Waals surface area contributed by atoms with Gasteiger partial charge in [-0.15, -0.1) is 0 Å². The molecule has 0 saturated heterocycles. The van der Waals surface area contributed by atoms with Crippen LogP contribution in [0.2, 0.25) is 0 Å². The molecule has 0 fully saturated rings. The number of aromatic nitrogens is 2. The van der Waals surface area contributed by atoms with Gasteiger partial charge in [0.15, 0.2) is 0 Å². The second-order valence-corrected chi connectivity index (χ2v) is 4.68. The molecule has 1 aliphatic rings. The number of ether oxygens (including phenoxy) is 1. The van der Waals surface area contributed by atoms with Gasteiger partial charge in [-0.2, -0.15) is 4.98 Å². The van der Waals surface area contributed by atoms with Crippen LogP contribution in [0.15, 0.2) is 28.8 Å². The highest BCUT2D eigenvalue weighted by molar-refractivity contribution is 5.56. The lowest BCUT2D eigenvalue weighted by molar-refractivity contribution is 0.0903. The summed E-state index contributed by atoms with van der Waals surface area (Å²) in [6, 6.07) is 8.30. The molecule has 1 aliphatic heterocycles. The number of hydrogen-bond donors (Lipinski definition) is 1. The Kier molecular flexibility index (Phi) is 3.21. The van der Waals surface area contributed by atoms with Gasteiger partial charge in [0.2, 0.25) is 11.7 Å². The van der Waals surface area contributed by atoms with Gasteiger partial charge in [0, 0.05) is 19.2 Å². The lowest BCUT2D eigenvalue weighted by atomic mass is 10.1. The van der Waals surface area contributed by atoms with Crippen molar-refractivity contribution in [1.29, 1.82) is 0 Å². The van der Waals surface area contributed by atoms with Crippen molar-refractivity contribution in [1.82, 2.24) is 10.1 Å². The average molecular weight is 259 g/mol. The summed E-state index contributed by atoms with van der Waals surface area (Å²) in [5.41, 5.74) is 2.43. The third-order valence-corrected chi connectivity index (χ3v) is 3.47.